The van der Waals surface area contributed by atoms with E-state index in [4.69, 9.17) is 0 Å². The summed E-state index contributed by atoms with van der Waals surface area (Å²) in [5.74, 6) is 0. The topological polar surface area (TPSA) is 49.4 Å². The number of hydrogen-bond donors (Lipinski definition) is 0. The lowest BCUT2D eigenvalue weighted by atomic mass is 11.0. The van der Waals surface area contributed by atoms with E-state index in [1.807, 2.05) is 0 Å². The maximum Gasteiger partial charge on any atom is 0.286 e. The second kappa shape index (κ2) is 2.95. The van der Waals surface area contributed by atoms with E-state index in [2.05, 4.69) is 4.74 Å². The van der Waals surface area contributed by atoms with Crippen LogP contribution in [-0.4, -0.2) is 6.16 Å². The van der Waals surface area contributed by atoms with Gasteiger partial charge in [0.05, 0.1) is 6.26 Å². The van der Waals surface area contributed by atoms with Gasteiger partial charge in [0.2, 0.25) is 0 Å². The molecule has 0 aliphatic rings. The van der Waals surface area contributed by atoms with Gasteiger partial charge in [-0.1, -0.05) is 0 Å². The molecule has 0 bridgehead atoms. The van der Waals surface area contributed by atoms with Crippen molar-refractivity contribution >= 4 is 6.16 Å². The molecule has 0 spiro atoms. The number of halogens is 2. The number of hydrogen-bond acceptors (Lipinski definition) is 3. The number of carbonyl (C=O) groups excluding carboxylic acids is 1. The van der Waals surface area contributed by atoms with Crippen molar-refractivity contribution in [1.82, 2.24) is 0 Å². The zero-order valence-corrected chi connectivity index (χ0v) is 3.56. The monoisotopic (exact) mass is 123 g/mol. The fourth-order valence-corrected chi connectivity index (χ4v) is 0.0927. The highest BCUT2D eigenvalue weighted by Crippen LogP contribution is 1.94. The predicted molar refractivity (Wildman–Crippen MR) is 16.8 cm³/mol. The fourth-order valence-electron chi connectivity index (χ4n) is 0.0927. The van der Waals surface area contributed by atoms with E-state index in [1.54, 1.807) is 0 Å². The average Bonchev–Trinajstić information content (AvgIpc) is 1.61. The standard InChI is InChI=1S/C3H2F2O3/c4-2(5)1-8-3(6)7/h1H,(H,6,7)/p-1. The Morgan fingerprint density at radius 3 is 2.25 bits per heavy atom. The smallest absolute Gasteiger partial charge is 0.286 e. The van der Waals surface area contributed by atoms with Crippen LogP contribution in [0.5, 0.6) is 0 Å². The highest BCUT2D eigenvalue weighted by Gasteiger charge is 1.83. The molecule has 0 fully saturated rings. The Morgan fingerprint density at radius 1 is 1.62 bits per heavy atom. The van der Waals surface area contributed by atoms with Crippen molar-refractivity contribution in [3.63, 3.8) is 0 Å². The molecule has 0 aromatic heterocycles. The minimum atomic E-state index is -2.21. The number of rotatable bonds is 1. The molecule has 0 saturated heterocycles. The van der Waals surface area contributed by atoms with Crippen LogP contribution in [0.1, 0.15) is 0 Å². The first-order chi connectivity index (χ1) is 3.63. The largest absolute Gasteiger partial charge is 0.516 e. The lowest BCUT2D eigenvalue weighted by Gasteiger charge is -1.96. The third-order valence-corrected chi connectivity index (χ3v) is 0.244. The zero-order valence-electron chi connectivity index (χ0n) is 3.56. The summed E-state index contributed by atoms with van der Waals surface area (Å²) in [6.07, 6.45) is -4.43. The Morgan fingerprint density at radius 2 is 2.12 bits per heavy atom. The SMILES string of the molecule is O=C([O-])OC=C(F)F. The number of carboxylic acid groups (broad SMARTS) is 1. The molecule has 0 atom stereocenters. The van der Waals surface area contributed by atoms with E-state index in [0.29, 0.717) is 0 Å². The molecule has 0 amide bonds. The number of ether oxygens (including phenoxy) is 1. The van der Waals surface area contributed by atoms with E-state index in [1.165, 1.54) is 0 Å². The van der Waals surface area contributed by atoms with E-state index in [-0.39, 0.29) is 6.26 Å². The second-order valence-electron chi connectivity index (χ2n) is 0.775. The molecule has 5 heteroatoms. The van der Waals surface area contributed by atoms with Gasteiger partial charge in [-0.05, 0) is 0 Å². The minimum absolute atomic E-state index is 0.213. The van der Waals surface area contributed by atoms with Gasteiger partial charge in [-0.2, -0.15) is 8.78 Å². The Balaban J connectivity index is 3.45. The minimum Gasteiger partial charge on any atom is -0.516 e. The van der Waals surface area contributed by atoms with Crippen molar-refractivity contribution in [3.05, 3.63) is 12.3 Å². The zero-order chi connectivity index (χ0) is 6.57. The van der Waals surface area contributed by atoms with E-state index in [0.717, 1.165) is 0 Å². The van der Waals surface area contributed by atoms with Crippen molar-refractivity contribution in [2.75, 3.05) is 0 Å². The lowest BCUT2D eigenvalue weighted by Crippen LogP contribution is -2.21. The molecule has 8 heavy (non-hydrogen) atoms. The van der Waals surface area contributed by atoms with Gasteiger partial charge >= 0.3 is 0 Å². The molecule has 0 rings (SSSR count). The van der Waals surface area contributed by atoms with Crippen LogP contribution in [0.4, 0.5) is 13.6 Å². The summed E-state index contributed by atoms with van der Waals surface area (Å²) in [6.45, 7) is 0. The molecular weight excluding hydrogens is 122 g/mol. The normalized spacial score (nSPS) is 7.75. The summed E-state index contributed by atoms with van der Waals surface area (Å²) in [5, 5.41) is 9.19. The van der Waals surface area contributed by atoms with Gasteiger partial charge in [-0.3, -0.25) is 0 Å². The van der Waals surface area contributed by atoms with Gasteiger partial charge in [0.25, 0.3) is 12.2 Å². The van der Waals surface area contributed by atoms with Crippen molar-refractivity contribution in [1.29, 1.82) is 0 Å². The van der Waals surface area contributed by atoms with E-state index < -0.39 is 12.2 Å². The Labute approximate surface area is 43.2 Å². The van der Waals surface area contributed by atoms with Crippen LogP contribution in [0.2, 0.25) is 0 Å². The van der Waals surface area contributed by atoms with Crippen LogP contribution in [0.15, 0.2) is 12.3 Å². The second-order valence-corrected chi connectivity index (χ2v) is 0.775. The third-order valence-electron chi connectivity index (χ3n) is 0.244. The molecule has 0 radical (unpaired) electrons. The Bertz CT molecular complexity index is 116. The average molecular weight is 123 g/mol. The van der Waals surface area contributed by atoms with Crippen LogP contribution >= 0.6 is 0 Å². The third kappa shape index (κ3) is 4.87. The fraction of sp³-hybridized carbons (Fsp3) is 0. The molecule has 0 aromatic carbocycles. The first-order valence-corrected chi connectivity index (χ1v) is 1.51. The molecule has 0 heterocycles. The van der Waals surface area contributed by atoms with Gasteiger partial charge in [-0.25, -0.2) is 0 Å². The van der Waals surface area contributed by atoms with Crippen LogP contribution < -0.4 is 5.11 Å². The quantitative estimate of drug-likeness (QED) is 0.366. The predicted octanol–water partition coefficient (Wildman–Crippen LogP) is 0.0842. The van der Waals surface area contributed by atoms with Crippen LogP contribution in [0.3, 0.4) is 0 Å². The molecule has 46 valence electrons. The van der Waals surface area contributed by atoms with Gasteiger partial charge in [0.15, 0.2) is 0 Å². The first-order valence-electron chi connectivity index (χ1n) is 1.51. The molecular formula is C3HF2O3-. The summed E-state index contributed by atoms with van der Waals surface area (Å²) in [6, 6.07) is 0. The summed E-state index contributed by atoms with van der Waals surface area (Å²) >= 11 is 0. The first kappa shape index (κ1) is 6.87. The van der Waals surface area contributed by atoms with Crippen LogP contribution in [0, 0.1) is 0 Å². The maximum atomic E-state index is 10.8. The van der Waals surface area contributed by atoms with Crippen molar-refractivity contribution < 1.29 is 23.4 Å². The molecule has 0 unspecified atom stereocenters. The molecule has 0 N–H and O–H groups in total. The van der Waals surface area contributed by atoms with Gasteiger partial charge in [0, 0.05) is 0 Å². The number of carbonyl (C=O) groups is 1. The highest BCUT2D eigenvalue weighted by atomic mass is 19.3. The van der Waals surface area contributed by atoms with Crippen LogP contribution in [0.25, 0.3) is 0 Å². The summed E-state index contributed by atoms with van der Waals surface area (Å²) in [4.78, 5) is 9.19. The lowest BCUT2D eigenvalue weighted by molar-refractivity contribution is -0.276. The Kier molecular flexibility index (Phi) is 2.53. The molecule has 3 nitrogen and oxygen atoms in total. The van der Waals surface area contributed by atoms with E-state index in [9.17, 15) is 18.7 Å². The summed E-state index contributed by atoms with van der Waals surface area (Å²) in [5.41, 5.74) is 0. The van der Waals surface area contributed by atoms with Crippen LogP contribution in [-0.2, 0) is 4.74 Å². The summed E-state index contributed by atoms with van der Waals surface area (Å²) in [7, 11) is 0. The van der Waals surface area contributed by atoms with E-state index >= 15 is 0 Å². The van der Waals surface area contributed by atoms with Crippen molar-refractivity contribution in [2.24, 2.45) is 0 Å². The molecule has 0 saturated carbocycles. The molecule has 0 aliphatic carbocycles. The van der Waals surface area contributed by atoms with Crippen molar-refractivity contribution in [3.8, 4) is 0 Å². The van der Waals surface area contributed by atoms with Crippen molar-refractivity contribution in [2.45, 2.75) is 0 Å². The summed E-state index contributed by atoms with van der Waals surface area (Å²) < 4.78 is 24.9. The molecule has 0 aliphatic heterocycles. The maximum absolute atomic E-state index is 10.8. The van der Waals surface area contributed by atoms with Gasteiger partial charge in [0.1, 0.15) is 0 Å². The van der Waals surface area contributed by atoms with Gasteiger partial charge in [-0.15, -0.1) is 0 Å². The van der Waals surface area contributed by atoms with Gasteiger partial charge < -0.3 is 14.6 Å². The highest BCUT2D eigenvalue weighted by molar-refractivity contribution is 5.54. The molecule has 0 aromatic rings. The Hall–Kier alpha value is -1.13.